The van der Waals surface area contributed by atoms with E-state index in [1.165, 1.54) is 49.8 Å². The van der Waals surface area contributed by atoms with E-state index in [1.807, 2.05) is 24.5 Å². The van der Waals surface area contributed by atoms with Crippen LogP contribution in [0, 0.1) is 5.92 Å². The highest BCUT2D eigenvalue weighted by Crippen LogP contribution is 2.31. The number of amides is 1. The highest BCUT2D eigenvalue weighted by molar-refractivity contribution is 5.75. The Bertz CT molecular complexity index is 762. The Morgan fingerprint density at radius 3 is 2.70 bits per heavy atom. The third kappa shape index (κ3) is 4.40. The van der Waals surface area contributed by atoms with Gasteiger partial charge in [0.25, 0.3) is 0 Å². The molecule has 2 aromatic rings. The number of nitrogens with one attached hydrogen (secondary N) is 1. The minimum absolute atomic E-state index is 0.192. The first-order valence-corrected chi connectivity index (χ1v) is 10.6. The molecule has 4 rings (SSSR count). The maximum Gasteiger partial charge on any atom is 0.220 e. The molecular formula is C22H30N4O. The van der Waals surface area contributed by atoms with Crippen LogP contribution in [0.25, 0.3) is 11.3 Å². The second-order valence-corrected chi connectivity index (χ2v) is 7.98. The standard InChI is InChI=1S/C22H30N4O/c27-21(10-9-17-5-1-2-6-17)24-15-16-26-20-8-4-3-7-19(20)22(25-26)18-11-13-23-14-12-18/h11-14,17H,1-10,15-16H2,(H,24,27). The van der Waals surface area contributed by atoms with Crippen LogP contribution in [0.1, 0.15) is 62.6 Å². The van der Waals surface area contributed by atoms with Gasteiger partial charge in [-0.3, -0.25) is 14.5 Å². The van der Waals surface area contributed by atoms with Gasteiger partial charge < -0.3 is 5.32 Å². The molecule has 2 aliphatic carbocycles. The number of nitrogens with zero attached hydrogens (tertiary/aromatic N) is 3. The zero-order chi connectivity index (χ0) is 18.5. The zero-order valence-corrected chi connectivity index (χ0v) is 16.1. The molecule has 2 aliphatic rings. The van der Waals surface area contributed by atoms with Gasteiger partial charge >= 0.3 is 0 Å². The summed E-state index contributed by atoms with van der Waals surface area (Å²) in [6, 6.07) is 4.07. The van der Waals surface area contributed by atoms with Gasteiger partial charge in [-0.2, -0.15) is 5.10 Å². The van der Waals surface area contributed by atoms with E-state index < -0.39 is 0 Å². The van der Waals surface area contributed by atoms with Crippen molar-refractivity contribution >= 4 is 5.91 Å². The van der Waals surface area contributed by atoms with Gasteiger partial charge in [0.2, 0.25) is 5.91 Å². The van der Waals surface area contributed by atoms with Crippen LogP contribution in [0.4, 0.5) is 0 Å². The molecule has 0 spiro atoms. The Labute approximate surface area is 161 Å². The molecule has 1 N–H and O–H groups in total. The first kappa shape index (κ1) is 18.2. The number of aromatic nitrogens is 3. The average molecular weight is 367 g/mol. The summed E-state index contributed by atoms with van der Waals surface area (Å²) in [5.41, 5.74) is 4.98. The highest BCUT2D eigenvalue weighted by Gasteiger charge is 2.21. The lowest BCUT2D eigenvalue weighted by molar-refractivity contribution is -0.121. The molecule has 0 radical (unpaired) electrons. The van der Waals surface area contributed by atoms with Crippen LogP contribution in [-0.2, 0) is 24.2 Å². The summed E-state index contributed by atoms with van der Waals surface area (Å²) in [4.78, 5) is 16.3. The van der Waals surface area contributed by atoms with Crippen molar-refractivity contribution in [1.82, 2.24) is 20.1 Å². The Kier molecular flexibility index (Phi) is 5.85. The fourth-order valence-electron chi connectivity index (χ4n) is 4.62. The second-order valence-electron chi connectivity index (χ2n) is 7.98. The van der Waals surface area contributed by atoms with Crippen LogP contribution in [0.15, 0.2) is 24.5 Å². The van der Waals surface area contributed by atoms with Crippen LogP contribution in [0.3, 0.4) is 0 Å². The highest BCUT2D eigenvalue weighted by atomic mass is 16.1. The summed E-state index contributed by atoms with van der Waals surface area (Å²) in [6.07, 6.45) is 15.3. The summed E-state index contributed by atoms with van der Waals surface area (Å²) in [5, 5.41) is 8.01. The van der Waals surface area contributed by atoms with Crippen LogP contribution in [0.2, 0.25) is 0 Å². The van der Waals surface area contributed by atoms with Crippen LogP contribution >= 0.6 is 0 Å². The molecular weight excluding hydrogens is 336 g/mol. The lowest BCUT2D eigenvalue weighted by atomic mass is 9.94. The largest absolute Gasteiger partial charge is 0.354 e. The van der Waals surface area contributed by atoms with Gasteiger partial charge in [-0.15, -0.1) is 0 Å². The minimum atomic E-state index is 0.192. The van der Waals surface area contributed by atoms with E-state index in [-0.39, 0.29) is 5.91 Å². The first-order chi connectivity index (χ1) is 13.3. The van der Waals surface area contributed by atoms with E-state index in [0.717, 1.165) is 43.0 Å². The lowest BCUT2D eigenvalue weighted by Crippen LogP contribution is -2.28. The van der Waals surface area contributed by atoms with Gasteiger partial charge in [0.05, 0.1) is 12.2 Å². The second kappa shape index (κ2) is 8.68. The van der Waals surface area contributed by atoms with E-state index in [4.69, 9.17) is 5.10 Å². The molecule has 0 saturated heterocycles. The number of carbonyl (C=O) groups is 1. The van der Waals surface area contributed by atoms with Gasteiger partial charge in [0, 0.05) is 42.2 Å². The fourth-order valence-corrected chi connectivity index (χ4v) is 4.62. The average Bonchev–Trinajstić information content (AvgIpc) is 3.35. The molecule has 5 heteroatoms. The summed E-state index contributed by atoms with van der Waals surface area (Å²) >= 11 is 0. The van der Waals surface area contributed by atoms with Gasteiger partial charge in [-0.25, -0.2) is 0 Å². The molecule has 0 aromatic carbocycles. The van der Waals surface area contributed by atoms with Crippen molar-refractivity contribution in [2.24, 2.45) is 5.92 Å². The summed E-state index contributed by atoms with van der Waals surface area (Å²) < 4.78 is 2.13. The molecule has 0 atom stereocenters. The number of hydrogen-bond donors (Lipinski definition) is 1. The van der Waals surface area contributed by atoms with Crippen molar-refractivity contribution in [2.75, 3.05) is 6.54 Å². The molecule has 0 bridgehead atoms. The molecule has 1 amide bonds. The molecule has 0 unspecified atom stereocenters. The third-order valence-electron chi connectivity index (χ3n) is 6.11. The quantitative estimate of drug-likeness (QED) is 0.808. The van der Waals surface area contributed by atoms with Gasteiger partial charge in [0.15, 0.2) is 0 Å². The normalized spacial score (nSPS) is 17.0. The number of hydrogen-bond acceptors (Lipinski definition) is 3. The Balaban J connectivity index is 1.36. The van der Waals surface area contributed by atoms with Gasteiger partial charge in [-0.05, 0) is 50.2 Å². The molecule has 27 heavy (non-hydrogen) atoms. The maximum absolute atomic E-state index is 12.2. The molecule has 2 heterocycles. The number of rotatable bonds is 7. The molecule has 144 valence electrons. The van der Waals surface area contributed by atoms with Crippen LogP contribution < -0.4 is 5.32 Å². The Morgan fingerprint density at radius 2 is 1.89 bits per heavy atom. The van der Waals surface area contributed by atoms with Gasteiger partial charge in [-0.1, -0.05) is 25.7 Å². The molecule has 0 aliphatic heterocycles. The summed E-state index contributed by atoms with van der Waals surface area (Å²) in [6.45, 7) is 1.41. The van der Waals surface area contributed by atoms with Crippen molar-refractivity contribution in [2.45, 2.75) is 70.8 Å². The predicted molar refractivity (Wildman–Crippen MR) is 106 cm³/mol. The van der Waals surface area contributed by atoms with E-state index in [2.05, 4.69) is 15.0 Å². The van der Waals surface area contributed by atoms with Crippen molar-refractivity contribution in [3.05, 3.63) is 35.8 Å². The Hall–Kier alpha value is -2.17. The summed E-state index contributed by atoms with van der Waals surface area (Å²) in [5.74, 6) is 0.967. The third-order valence-corrected chi connectivity index (χ3v) is 6.11. The van der Waals surface area contributed by atoms with Gasteiger partial charge in [0.1, 0.15) is 0 Å². The maximum atomic E-state index is 12.2. The monoisotopic (exact) mass is 366 g/mol. The predicted octanol–water partition coefficient (Wildman–Crippen LogP) is 3.91. The molecule has 2 aromatic heterocycles. The van der Waals surface area contributed by atoms with Crippen LogP contribution in [0.5, 0.6) is 0 Å². The fraction of sp³-hybridized carbons (Fsp3) is 0.591. The summed E-state index contributed by atoms with van der Waals surface area (Å²) in [7, 11) is 0. The minimum Gasteiger partial charge on any atom is -0.354 e. The number of carbonyl (C=O) groups excluding carboxylic acids is 1. The van der Waals surface area contributed by atoms with E-state index >= 15 is 0 Å². The molecule has 5 nitrogen and oxygen atoms in total. The Morgan fingerprint density at radius 1 is 1.11 bits per heavy atom. The SMILES string of the molecule is O=C(CCC1CCCC1)NCCn1nc(-c2ccncc2)c2c1CCCC2. The first-order valence-electron chi connectivity index (χ1n) is 10.6. The van der Waals surface area contributed by atoms with E-state index in [1.54, 1.807) is 0 Å². The van der Waals surface area contributed by atoms with Crippen molar-refractivity contribution in [3.8, 4) is 11.3 Å². The van der Waals surface area contributed by atoms with E-state index in [9.17, 15) is 4.79 Å². The zero-order valence-electron chi connectivity index (χ0n) is 16.1. The van der Waals surface area contributed by atoms with Crippen molar-refractivity contribution < 1.29 is 4.79 Å². The molecule has 1 saturated carbocycles. The lowest BCUT2D eigenvalue weighted by Gasteiger charge is -2.15. The van der Waals surface area contributed by atoms with Crippen molar-refractivity contribution in [3.63, 3.8) is 0 Å². The smallest absolute Gasteiger partial charge is 0.220 e. The molecule has 1 fully saturated rings. The topological polar surface area (TPSA) is 59.8 Å². The van der Waals surface area contributed by atoms with Crippen LogP contribution in [-0.4, -0.2) is 27.2 Å². The number of fused-ring (bicyclic) bond motifs is 1. The van der Waals surface area contributed by atoms with Crippen molar-refractivity contribution in [1.29, 1.82) is 0 Å². The number of pyridine rings is 1. The van der Waals surface area contributed by atoms with E-state index in [0.29, 0.717) is 13.0 Å².